The third-order valence-electron chi connectivity index (χ3n) is 2.50. The average molecular weight is 221 g/mol. The monoisotopic (exact) mass is 221 g/mol. The van der Waals surface area contributed by atoms with E-state index in [2.05, 4.69) is 30.4 Å². The Morgan fingerprint density at radius 1 is 1.25 bits per heavy atom. The van der Waals surface area contributed by atoms with Crippen LogP contribution in [-0.4, -0.2) is 38.6 Å². The van der Waals surface area contributed by atoms with E-state index >= 15 is 0 Å². The molecule has 0 atom stereocenters. The molecule has 0 spiro atoms. The largest absolute Gasteiger partial charge is 0.399 e. The summed E-state index contributed by atoms with van der Waals surface area (Å²) in [5.74, 6) is 0. The lowest BCUT2D eigenvalue weighted by Crippen LogP contribution is -2.23. The van der Waals surface area contributed by atoms with Crippen molar-refractivity contribution in [3.63, 3.8) is 0 Å². The SMILES string of the molecule is CN(C)CCCNCCc1cccc(N)c1. The van der Waals surface area contributed by atoms with Crippen molar-refractivity contribution in [2.24, 2.45) is 0 Å². The van der Waals surface area contributed by atoms with E-state index in [1.54, 1.807) is 0 Å². The zero-order valence-electron chi connectivity index (χ0n) is 10.4. The second kappa shape index (κ2) is 7.25. The molecule has 0 unspecified atom stereocenters. The van der Waals surface area contributed by atoms with E-state index in [1.807, 2.05) is 18.2 Å². The smallest absolute Gasteiger partial charge is 0.0316 e. The molecule has 0 aliphatic heterocycles. The van der Waals surface area contributed by atoms with Crippen molar-refractivity contribution in [2.75, 3.05) is 39.5 Å². The van der Waals surface area contributed by atoms with E-state index in [1.165, 1.54) is 12.0 Å². The van der Waals surface area contributed by atoms with Crippen LogP contribution < -0.4 is 11.1 Å². The zero-order chi connectivity index (χ0) is 11.8. The molecule has 3 nitrogen and oxygen atoms in total. The number of nitrogens with one attached hydrogen (secondary N) is 1. The van der Waals surface area contributed by atoms with Gasteiger partial charge in [0.1, 0.15) is 0 Å². The number of hydrogen-bond acceptors (Lipinski definition) is 3. The molecule has 0 amide bonds. The topological polar surface area (TPSA) is 41.3 Å². The molecule has 16 heavy (non-hydrogen) atoms. The summed E-state index contributed by atoms with van der Waals surface area (Å²) < 4.78 is 0. The molecule has 0 saturated heterocycles. The van der Waals surface area contributed by atoms with Crippen LogP contribution in [-0.2, 0) is 6.42 Å². The normalized spacial score (nSPS) is 10.9. The van der Waals surface area contributed by atoms with Gasteiger partial charge in [0, 0.05) is 5.69 Å². The third kappa shape index (κ3) is 5.73. The highest BCUT2D eigenvalue weighted by atomic mass is 15.0. The molecule has 0 fully saturated rings. The minimum atomic E-state index is 0.852. The van der Waals surface area contributed by atoms with Crippen LogP contribution in [0.5, 0.6) is 0 Å². The van der Waals surface area contributed by atoms with Gasteiger partial charge in [0.25, 0.3) is 0 Å². The maximum absolute atomic E-state index is 5.72. The number of nitrogens with zero attached hydrogens (tertiary/aromatic N) is 1. The molecule has 0 radical (unpaired) electrons. The van der Waals surface area contributed by atoms with Gasteiger partial charge < -0.3 is 16.0 Å². The Kier molecular flexibility index (Phi) is 5.90. The number of anilines is 1. The Labute approximate surface area is 98.6 Å². The predicted molar refractivity (Wildman–Crippen MR) is 70.6 cm³/mol. The highest BCUT2D eigenvalue weighted by Crippen LogP contribution is 2.06. The third-order valence-corrected chi connectivity index (χ3v) is 2.50. The van der Waals surface area contributed by atoms with Crippen LogP contribution in [0, 0.1) is 0 Å². The molecule has 90 valence electrons. The van der Waals surface area contributed by atoms with Crippen LogP contribution in [0.3, 0.4) is 0 Å². The molecule has 0 heterocycles. The molecule has 3 N–H and O–H groups in total. The highest BCUT2D eigenvalue weighted by Gasteiger charge is 1.94. The minimum absolute atomic E-state index is 0.852. The molecule has 0 aliphatic rings. The number of hydrogen-bond donors (Lipinski definition) is 2. The molecular formula is C13H23N3. The molecule has 1 aromatic rings. The van der Waals surface area contributed by atoms with Crippen molar-refractivity contribution in [3.8, 4) is 0 Å². The van der Waals surface area contributed by atoms with Gasteiger partial charge >= 0.3 is 0 Å². The molecule has 1 aromatic carbocycles. The molecular weight excluding hydrogens is 198 g/mol. The van der Waals surface area contributed by atoms with Gasteiger partial charge in [0.2, 0.25) is 0 Å². The summed E-state index contributed by atoms with van der Waals surface area (Å²) in [5.41, 5.74) is 7.88. The van der Waals surface area contributed by atoms with Crippen molar-refractivity contribution in [3.05, 3.63) is 29.8 Å². The first-order valence-corrected chi connectivity index (χ1v) is 5.88. The Morgan fingerprint density at radius 2 is 2.06 bits per heavy atom. The first-order valence-electron chi connectivity index (χ1n) is 5.88. The Bertz CT molecular complexity index is 297. The van der Waals surface area contributed by atoms with Crippen LogP contribution in [0.1, 0.15) is 12.0 Å². The fourth-order valence-electron chi connectivity index (χ4n) is 1.63. The van der Waals surface area contributed by atoms with Crippen molar-refractivity contribution in [1.82, 2.24) is 10.2 Å². The lowest BCUT2D eigenvalue weighted by atomic mass is 10.1. The summed E-state index contributed by atoms with van der Waals surface area (Å²) in [6.45, 7) is 3.25. The van der Waals surface area contributed by atoms with E-state index in [0.29, 0.717) is 0 Å². The van der Waals surface area contributed by atoms with Gasteiger partial charge in [-0.1, -0.05) is 12.1 Å². The lowest BCUT2D eigenvalue weighted by Gasteiger charge is -2.09. The van der Waals surface area contributed by atoms with E-state index in [-0.39, 0.29) is 0 Å². The standard InChI is InChI=1S/C13H23N3/c1-16(2)10-4-8-15-9-7-12-5-3-6-13(14)11-12/h3,5-6,11,15H,4,7-10,14H2,1-2H3. The first-order chi connectivity index (χ1) is 7.68. The molecule has 3 heteroatoms. The zero-order valence-corrected chi connectivity index (χ0v) is 10.4. The summed E-state index contributed by atoms with van der Waals surface area (Å²) in [6, 6.07) is 8.10. The Hall–Kier alpha value is -1.06. The first kappa shape index (κ1) is 13.0. The van der Waals surface area contributed by atoms with Crippen LogP contribution in [0.25, 0.3) is 0 Å². The van der Waals surface area contributed by atoms with Crippen LogP contribution in [0.4, 0.5) is 5.69 Å². The summed E-state index contributed by atoms with van der Waals surface area (Å²) in [4.78, 5) is 2.21. The second-order valence-electron chi connectivity index (χ2n) is 4.40. The fraction of sp³-hybridized carbons (Fsp3) is 0.538. The number of benzene rings is 1. The fourth-order valence-corrected chi connectivity index (χ4v) is 1.63. The van der Waals surface area contributed by atoms with Crippen molar-refractivity contribution in [1.29, 1.82) is 0 Å². The van der Waals surface area contributed by atoms with E-state index < -0.39 is 0 Å². The maximum atomic E-state index is 5.72. The van der Waals surface area contributed by atoms with Gasteiger partial charge in [0.15, 0.2) is 0 Å². The number of rotatable bonds is 7. The molecule has 0 aromatic heterocycles. The predicted octanol–water partition coefficient (Wildman–Crippen LogP) is 1.35. The molecule has 0 saturated carbocycles. The quantitative estimate of drug-likeness (QED) is 0.539. The van der Waals surface area contributed by atoms with Gasteiger partial charge in [0.05, 0.1) is 0 Å². The van der Waals surface area contributed by atoms with Gasteiger partial charge in [-0.3, -0.25) is 0 Å². The van der Waals surface area contributed by atoms with Gasteiger partial charge in [-0.15, -0.1) is 0 Å². The van der Waals surface area contributed by atoms with Crippen LogP contribution in [0.2, 0.25) is 0 Å². The van der Waals surface area contributed by atoms with Crippen molar-refractivity contribution >= 4 is 5.69 Å². The summed E-state index contributed by atoms with van der Waals surface area (Å²) in [5, 5.41) is 3.44. The second-order valence-corrected chi connectivity index (χ2v) is 4.40. The van der Waals surface area contributed by atoms with Crippen LogP contribution in [0.15, 0.2) is 24.3 Å². The lowest BCUT2D eigenvalue weighted by molar-refractivity contribution is 0.395. The van der Waals surface area contributed by atoms with E-state index in [0.717, 1.165) is 31.7 Å². The van der Waals surface area contributed by atoms with Crippen LogP contribution >= 0.6 is 0 Å². The Balaban J connectivity index is 2.07. The molecule has 0 bridgehead atoms. The van der Waals surface area contributed by atoms with E-state index in [9.17, 15) is 0 Å². The minimum Gasteiger partial charge on any atom is -0.399 e. The van der Waals surface area contributed by atoms with E-state index in [4.69, 9.17) is 5.73 Å². The summed E-state index contributed by atoms with van der Waals surface area (Å²) >= 11 is 0. The Morgan fingerprint density at radius 3 is 2.75 bits per heavy atom. The average Bonchev–Trinajstić information content (AvgIpc) is 2.23. The highest BCUT2D eigenvalue weighted by molar-refractivity contribution is 5.40. The van der Waals surface area contributed by atoms with Crippen molar-refractivity contribution < 1.29 is 0 Å². The maximum Gasteiger partial charge on any atom is 0.0316 e. The van der Waals surface area contributed by atoms with Crippen molar-refractivity contribution in [2.45, 2.75) is 12.8 Å². The van der Waals surface area contributed by atoms with Gasteiger partial charge in [-0.05, 0) is 64.3 Å². The summed E-state index contributed by atoms with van der Waals surface area (Å²) in [7, 11) is 4.21. The number of nitrogens with two attached hydrogens (primary N) is 1. The molecule has 1 rings (SSSR count). The van der Waals surface area contributed by atoms with Gasteiger partial charge in [-0.25, -0.2) is 0 Å². The van der Waals surface area contributed by atoms with Gasteiger partial charge in [-0.2, -0.15) is 0 Å². The number of nitrogen functional groups attached to an aromatic ring is 1. The summed E-state index contributed by atoms with van der Waals surface area (Å²) in [6.07, 6.45) is 2.25. The molecule has 0 aliphatic carbocycles.